The van der Waals surface area contributed by atoms with E-state index in [1.54, 1.807) is 24.3 Å². The Kier molecular flexibility index (Phi) is 5.70. The summed E-state index contributed by atoms with van der Waals surface area (Å²) in [6.07, 6.45) is 3.47. The first-order valence-electron chi connectivity index (χ1n) is 9.01. The lowest BCUT2D eigenvalue weighted by molar-refractivity contribution is -0.122. The van der Waals surface area contributed by atoms with Gasteiger partial charge in [0.05, 0.1) is 18.5 Å². The molecule has 0 saturated heterocycles. The molecular weight excluding hydrogens is 364 g/mol. The number of hydrogen-bond donors (Lipinski definition) is 1. The van der Waals surface area contributed by atoms with Crippen molar-refractivity contribution in [2.45, 2.75) is 32.3 Å². The Morgan fingerprint density at radius 1 is 1.19 bits per heavy atom. The molecule has 1 aliphatic heterocycles. The summed E-state index contributed by atoms with van der Waals surface area (Å²) in [5.41, 5.74) is 2.33. The van der Waals surface area contributed by atoms with Crippen LogP contribution in [0.3, 0.4) is 0 Å². The average molecular weight is 388 g/mol. The number of ether oxygens (including phenoxy) is 1. The summed E-state index contributed by atoms with van der Waals surface area (Å²) >= 11 is 0. The van der Waals surface area contributed by atoms with E-state index in [-0.39, 0.29) is 12.5 Å². The van der Waals surface area contributed by atoms with Crippen LogP contribution in [0.4, 0.5) is 11.4 Å². The first-order chi connectivity index (χ1) is 12.9. The van der Waals surface area contributed by atoms with Crippen molar-refractivity contribution >= 4 is 27.3 Å². The summed E-state index contributed by atoms with van der Waals surface area (Å²) in [7, 11) is -3.52. The lowest BCUT2D eigenvalue weighted by Crippen LogP contribution is -2.48. The minimum atomic E-state index is -3.52. The molecule has 0 bridgehead atoms. The zero-order valence-corrected chi connectivity index (χ0v) is 16.3. The van der Waals surface area contributed by atoms with Crippen LogP contribution in [-0.2, 0) is 21.2 Å². The Bertz CT molecular complexity index is 910. The highest BCUT2D eigenvalue weighted by atomic mass is 32.2. The van der Waals surface area contributed by atoms with Crippen LogP contribution >= 0.6 is 0 Å². The van der Waals surface area contributed by atoms with Crippen LogP contribution in [0.15, 0.2) is 48.5 Å². The second kappa shape index (κ2) is 8.00. The Balaban J connectivity index is 1.74. The standard InChI is InChI=1S/C20H24N2O4S/c1-3-4-7-15-10-12-16(13-11-15)21-20(23)19-14-22(27(2,24)25)17-8-5-6-9-18(17)26-19/h5-6,8-13,19H,3-4,7,14H2,1-2H3,(H,21,23). The van der Waals surface area contributed by atoms with E-state index in [4.69, 9.17) is 4.74 Å². The highest BCUT2D eigenvalue weighted by Gasteiger charge is 2.34. The highest BCUT2D eigenvalue weighted by molar-refractivity contribution is 7.92. The first-order valence-corrected chi connectivity index (χ1v) is 10.9. The lowest BCUT2D eigenvalue weighted by atomic mass is 10.1. The third-order valence-corrected chi connectivity index (χ3v) is 5.61. The minimum absolute atomic E-state index is 0.0593. The van der Waals surface area contributed by atoms with Crippen LogP contribution in [-0.4, -0.2) is 33.2 Å². The van der Waals surface area contributed by atoms with Gasteiger partial charge in [-0.2, -0.15) is 0 Å². The zero-order valence-electron chi connectivity index (χ0n) is 15.5. The first kappa shape index (κ1) is 19.2. The van der Waals surface area contributed by atoms with E-state index in [0.29, 0.717) is 17.1 Å². The van der Waals surface area contributed by atoms with Crippen molar-refractivity contribution in [2.24, 2.45) is 0 Å². The van der Waals surface area contributed by atoms with E-state index in [0.717, 1.165) is 25.5 Å². The summed E-state index contributed by atoms with van der Waals surface area (Å²) in [5.74, 6) is 0.00343. The van der Waals surface area contributed by atoms with Gasteiger partial charge >= 0.3 is 0 Å². The second-order valence-corrected chi connectivity index (χ2v) is 8.56. The van der Waals surface area contributed by atoms with Crippen LogP contribution in [0, 0.1) is 0 Å². The maximum atomic E-state index is 12.6. The van der Waals surface area contributed by atoms with Crippen molar-refractivity contribution in [3.8, 4) is 5.75 Å². The Labute approximate surface area is 160 Å². The number of fused-ring (bicyclic) bond motifs is 1. The van der Waals surface area contributed by atoms with E-state index in [2.05, 4.69) is 12.2 Å². The molecule has 1 heterocycles. The second-order valence-electron chi connectivity index (χ2n) is 6.66. The van der Waals surface area contributed by atoms with Gasteiger partial charge in [0, 0.05) is 5.69 Å². The number of nitrogens with zero attached hydrogens (tertiary/aromatic N) is 1. The number of sulfonamides is 1. The van der Waals surface area contributed by atoms with Crippen molar-refractivity contribution < 1.29 is 17.9 Å². The van der Waals surface area contributed by atoms with Crippen LogP contribution in [0.5, 0.6) is 5.75 Å². The summed E-state index contributed by atoms with van der Waals surface area (Å²) in [6.45, 7) is 2.09. The molecule has 0 fully saturated rings. The molecule has 27 heavy (non-hydrogen) atoms. The normalized spacial score (nSPS) is 16.4. The van der Waals surface area contributed by atoms with Gasteiger partial charge in [0.15, 0.2) is 6.10 Å². The number of unbranched alkanes of at least 4 members (excludes halogenated alkanes) is 1. The number of nitrogens with one attached hydrogen (secondary N) is 1. The number of carbonyl (C=O) groups excluding carboxylic acids is 1. The predicted molar refractivity (Wildman–Crippen MR) is 107 cm³/mol. The summed E-state index contributed by atoms with van der Waals surface area (Å²) in [4.78, 5) is 12.6. The smallest absolute Gasteiger partial charge is 0.267 e. The van der Waals surface area contributed by atoms with Crippen LogP contribution in [0.25, 0.3) is 0 Å². The number of amides is 1. The largest absolute Gasteiger partial charge is 0.476 e. The summed E-state index contributed by atoms with van der Waals surface area (Å²) in [5, 5.41) is 2.81. The van der Waals surface area contributed by atoms with Gasteiger partial charge in [-0.1, -0.05) is 37.6 Å². The Morgan fingerprint density at radius 3 is 2.56 bits per heavy atom. The van der Waals surface area contributed by atoms with Gasteiger partial charge in [-0.05, 0) is 42.7 Å². The maximum Gasteiger partial charge on any atom is 0.267 e. The molecule has 1 amide bonds. The molecule has 0 aliphatic carbocycles. The highest BCUT2D eigenvalue weighted by Crippen LogP contribution is 2.34. The number of benzene rings is 2. The van der Waals surface area contributed by atoms with Crippen molar-refractivity contribution in [2.75, 3.05) is 22.4 Å². The van der Waals surface area contributed by atoms with Crippen LogP contribution in [0.1, 0.15) is 25.3 Å². The summed E-state index contributed by atoms with van der Waals surface area (Å²) < 4.78 is 31.2. The molecule has 3 rings (SSSR count). The molecule has 0 aromatic heterocycles. The third kappa shape index (κ3) is 4.60. The Hall–Kier alpha value is -2.54. The van der Waals surface area contributed by atoms with Crippen LogP contribution < -0.4 is 14.4 Å². The lowest BCUT2D eigenvalue weighted by Gasteiger charge is -2.33. The predicted octanol–water partition coefficient (Wildman–Crippen LogP) is 3.19. The fourth-order valence-corrected chi connectivity index (χ4v) is 3.93. The number of hydrogen-bond acceptors (Lipinski definition) is 4. The quantitative estimate of drug-likeness (QED) is 0.825. The van der Waals surface area contributed by atoms with Gasteiger partial charge in [0.25, 0.3) is 5.91 Å². The van der Waals surface area contributed by atoms with E-state index >= 15 is 0 Å². The molecule has 144 valence electrons. The van der Waals surface area contributed by atoms with E-state index in [9.17, 15) is 13.2 Å². The molecule has 1 aliphatic rings. The number of carbonyl (C=O) groups is 1. The molecule has 1 N–H and O–H groups in total. The third-order valence-electron chi connectivity index (χ3n) is 4.47. The minimum Gasteiger partial charge on any atom is -0.476 e. The summed E-state index contributed by atoms with van der Waals surface area (Å²) in [6, 6.07) is 14.5. The zero-order chi connectivity index (χ0) is 19.4. The monoisotopic (exact) mass is 388 g/mol. The van der Waals surface area contributed by atoms with Gasteiger partial charge in [0.1, 0.15) is 5.75 Å². The topological polar surface area (TPSA) is 75.7 Å². The van der Waals surface area contributed by atoms with Crippen molar-refractivity contribution in [3.05, 3.63) is 54.1 Å². The van der Waals surface area contributed by atoms with Gasteiger partial charge in [0.2, 0.25) is 10.0 Å². The van der Waals surface area contributed by atoms with Crippen molar-refractivity contribution in [1.29, 1.82) is 0 Å². The van der Waals surface area contributed by atoms with Crippen molar-refractivity contribution in [1.82, 2.24) is 0 Å². The van der Waals surface area contributed by atoms with Gasteiger partial charge < -0.3 is 10.1 Å². The molecular formula is C20H24N2O4S. The fraction of sp³-hybridized carbons (Fsp3) is 0.350. The molecule has 2 aromatic carbocycles. The van der Waals surface area contributed by atoms with Gasteiger partial charge in [-0.15, -0.1) is 0 Å². The maximum absolute atomic E-state index is 12.6. The number of anilines is 2. The number of para-hydroxylation sites is 2. The fourth-order valence-electron chi connectivity index (χ4n) is 3.01. The van der Waals surface area contributed by atoms with E-state index in [1.807, 2.05) is 24.3 Å². The SMILES string of the molecule is CCCCc1ccc(NC(=O)C2CN(S(C)(=O)=O)c3ccccc3O2)cc1. The van der Waals surface area contributed by atoms with Crippen molar-refractivity contribution in [3.63, 3.8) is 0 Å². The van der Waals surface area contributed by atoms with Crippen LogP contribution in [0.2, 0.25) is 0 Å². The van der Waals surface area contributed by atoms with Gasteiger partial charge in [-0.3, -0.25) is 9.10 Å². The number of rotatable bonds is 6. The molecule has 2 aromatic rings. The molecule has 1 unspecified atom stereocenters. The number of aryl methyl sites for hydroxylation is 1. The molecule has 6 nitrogen and oxygen atoms in total. The Morgan fingerprint density at radius 2 is 1.89 bits per heavy atom. The molecule has 0 spiro atoms. The molecule has 0 radical (unpaired) electrons. The van der Waals surface area contributed by atoms with Gasteiger partial charge in [-0.25, -0.2) is 8.42 Å². The average Bonchev–Trinajstić information content (AvgIpc) is 2.65. The van der Waals surface area contributed by atoms with E-state index < -0.39 is 16.1 Å². The van der Waals surface area contributed by atoms with E-state index in [1.165, 1.54) is 9.87 Å². The molecule has 1 atom stereocenters. The molecule has 7 heteroatoms. The molecule has 0 saturated carbocycles.